The van der Waals surface area contributed by atoms with Crippen LogP contribution in [-0.2, 0) is 10.0 Å². The number of nitrogens with zero attached hydrogens (tertiary/aromatic N) is 1. The molecule has 7 heteroatoms. The van der Waals surface area contributed by atoms with Crippen LogP contribution in [0.25, 0.3) is 0 Å². The van der Waals surface area contributed by atoms with Crippen molar-refractivity contribution in [1.82, 2.24) is 9.97 Å². The number of nitrogens with one attached hydrogen (secondary N) is 2. The molecule has 29 heavy (non-hydrogen) atoms. The molecule has 2 heterocycles. The van der Waals surface area contributed by atoms with E-state index in [-0.39, 0.29) is 11.7 Å². The summed E-state index contributed by atoms with van der Waals surface area (Å²) in [6.45, 7) is 7.75. The van der Waals surface area contributed by atoms with Crippen molar-refractivity contribution in [3.63, 3.8) is 0 Å². The lowest BCUT2D eigenvalue weighted by atomic mass is 10.0. The lowest BCUT2D eigenvalue weighted by molar-refractivity contribution is 0.602. The second kappa shape index (κ2) is 8.47. The molecule has 1 aromatic carbocycles. The molecular formula is C22H25N3O2S2. The quantitative estimate of drug-likeness (QED) is 0.423. The molecule has 0 amide bonds. The van der Waals surface area contributed by atoms with E-state index in [0.717, 1.165) is 33.1 Å². The molecule has 0 saturated carbocycles. The second-order valence-corrected chi connectivity index (χ2v) is 9.60. The van der Waals surface area contributed by atoms with Crippen LogP contribution in [0, 0.1) is 13.8 Å². The van der Waals surface area contributed by atoms with Crippen molar-refractivity contribution in [2.24, 2.45) is 0 Å². The van der Waals surface area contributed by atoms with E-state index in [9.17, 15) is 8.42 Å². The molecule has 0 spiro atoms. The molecule has 0 aliphatic heterocycles. The third-order valence-corrected chi connectivity index (χ3v) is 6.67. The summed E-state index contributed by atoms with van der Waals surface area (Å²) in [5.74, 6) is 0.0384. The van der Waals surface area contributed by atoms with Crippen molar-refractivity contribution < 1.29 is 8.42 Å². The van der Waals surface area contributed by atoms with E-state index in [4.69, 9.17) is 12.2 Å². The predicted molar refractivity (Wildman–Crippen MR) is 122 cm³/mol. The zero-order chi connectivity index (χ0) is 21.2. The van der Waals surface area contributed by atoms with Gasteiger partial charge in [-0.3, -0.25) is 9.71 Å². The Hall–Kier alpha value is -2.51. The minimum atomic E-state index is -3.31. The molecule has 3 aromatic rings. The summed E-state index contributed by atoms with van der Waals surface area (Å²) < 4.78 is 25.9. The Bertz CT molecular complexity index is 1120. The molecule has 1 unspecified atom stereocenters. The number of benzene rings is 1. The first kappa shape index (κ1) is 21.2. The maximum Gasteiger partial charge on any atom is 0.232 e. The fourth-order valence-corrected chi connectivity index (χ4v) is 4.01. The van der Waals surface area contributed by atoms with Crippen LogP contribution < -0.4 is 4.72 Å². The van der Waals surface area contributed by atoms with Crippen molar-refractivity contribution in [3.05, 3.63) is 82.4 Å². The van der Waals surface area contributed by atoms with Gasteiger partial charge in [0.1, 0.15) is 0 Å². The number of hydrogen-bond acceptors (Lipinski definition) is 4. The highest BCUT2D eigenvalue weighted by molar-refractivity contribution is 7.92. The van der Waals surface area contributed by atoms with Crippen LogP contribution >= 0.6 is 12.2 Å². The fourth-order valence-electron chi connectivity index (χ4n) is 3.04. The van der Waals surface area contributed by atoms with Gasteiger partial charge in [0.25, 0.3) is 0 Å². The fraction of sp³-hybridized carbons (Fsp3) is 0.273. The lowest BCUT2D eigenvalue weighted by Gasteiger charge is -2.11. The number of aryl methyl sites for hydroxylation is 2. The number of H-pyrrole nitrogens is 1. The molecule has 1 atom stereocenters. The highest BCUT2D eigenvalue weighted by Crippen LogP contribution is 2.26. The van der Waals surface area contributed by atoms with Gasteiger partial charge in [-0.05, 0) is 50.1 Å². The average molecular weight is 428 g/mol. The molecule has 0 saturated heterocycles. The maximum atomic E-state index is 11.7. The Balaban J connectivity index is 1.81. The van der Waals surface area contributed by atoms with Crippen molar-refractivity contribution in [2.75, 3.05) is 10.5 Å². The molecular weight excluding hydrogens is 402 g/mol. The van der Waals surface area contributed by atoms with E-state index >= 15 is 0 Å². The van der Waals surface area contributed by atoms with Crippen LogP contribution in [0.3, 0.4) is 0 Å². The van der Waals surface area contributed by atoms with E-state index in [1.807, 2.05) is 25.1 Å². The summed E-state index contributed by atoms with van der Waals surface area (Å²) in [5.41, 5.74) is 6.57. The molecule has 2 N–H and O–H groups in total. The molecule has 0 aliphatic carbocycles. The Morgan fingerprint density at radius 2 is 1.86 bits per heavy atom. The Kier molecular flexibility index (Phi) is 6.19. The Morgan fingerprint density at radius 3 is 2.45 bits per heavy atom. The number of anilines is 1. The van der Waals surface area contributed by atoms with Gasteiger partial charge in [0.15, 0.2) is 0 Å². The predicted octanol–water partition coefficient (Wildman–Crippen LogP) is 4.71. The number of aromatic amines is 1. The molecule has 3 rings (SSSR count). The van der Waals surface area contributed by atoms with Gasteiger partial charge in [-0.25, -0.2) is 8.42 Å². The topological polar surface area (TPSA) is 74.8 Å². The number of hydrogen-bond donors (Lipinski definition) is 2. The summed E-state index contributed by atoms with van der Waals surface area (Å²) in [6, 6.07) is 13.9. The first-order valence-electron chi connectivity index (χ1n) is 9.47. The minimum Gasteiger partial charge on any atom is -0.357 e. The van der Waals surface area contributed by atoms with Crippen LogP contribution in [0.15, 0.2) is 48.7 Å². The summed E-state index contributed by atoms with van der Waals surface area (Å²) in [7, 11) is -3.31. The highest BCUT2D eigenvalue weighted by atomic mass is 32.2. The van der Waals surface area contributed by atoms with Gasteiger partial charge in [0.05, 0.1) is 28.2 Å². The van der Waals surface area contributed by atoms with Crippen LogP contribution in [-0.4, -0.2) is 29.0 Å². The first-order valence-corrected chi connectivity index (χ1v) is 11.5. The van der Waals surface area contributed by atoms with Crippen LogP contribution in [0.4, 0.5) is 5.69 Å². The summed E-state index contributed by atoms with van der Waals surface area (Å²) in [6.07, 6.45) is 1.55. The molecule has 0 fully saturated rings. The second-order valence-electron chi connectivity index (χ2n) is 7.18. The third kappa shape index (κ3) is 4.92. The van der Waals surface area contributed by atoms with Crippen molar-refractivity contribution >= 4 is 32.8 Å². The average Bonchev–Trinajstić information content (AvgIpc) is 3.09. The highest BCUT2D eigenvalue weighted by Gasteiger charge is 2.17. The third-order valence-electron chi connectivity index (χ3n) is 4.93. The van der Waals surface area contributed by atoms with Crippen LogP contribution in [0.2, 0.25) is 0 Å². The Morgan fingerprint density at radius 1 is 1.17 bits per heavy atom. The smallest absolute Gasteiger partial charge is 0.232 e. The van der Waals surface area contributed by atoms with Crippen molar-refractivity contribution in [2.45, 2.75) is 33.6 Å². The monoisotopic (exact) mass is 427 g/mol. The van der Waals surface area contributed by atoms with Gasteiger partial charge < -0.3 is 4.98 Å². The number of aromatic nitrogens is 2. The van der Waals surface area contributed by atoms with Gasteiger partial charge in [-0.15, -0.1) is 0 Å². The van der Waals surface area contributed by atoms with E-state index in [1.165, 1.54) is 5.56 Å². The summed E-state index contributed by atoms with van der Waals surface area (Å²) in [4.78, 5) is 8.70. The largest absolute Gasteiger partial charge is 0.357 e. The standard InChI is InChI=1S/C22H25N3O2S2/c1-5-29(26,27)25-18-10-11-19(23-13-18)16(4)20-12-15(3)21(24-20)22(28)17-8-6-14(2)7-9-17/h6-13,16,24-25H,5H2,1-4H3. The number of rotatable bonds is 7. The zero-order valence-electron chi connectivity index (χ0n) is 17.0. The SMILES string of the molecule is CCS(=O)(=O)Nc1ccc(C(C)c2cc(C)c(C(=S)c3ccc(C)cc3)[nH]2)nc1. The van der Waals surface area contributed by atoms with E-state index in [2.05, 4.69) is 46.7 Å². The molecule has 5 nitrogen and oxygen atoms in total. The molecule has 152 valence electrons. The lowest BCUT2D eigenvalue weighted by Crippen LogP contribution is -2.14. The first-order chi connectivity index (χ1) is 13.7. The normalized spacial score (nSPS) is 12.6. The number of sulfonamides is 1. The minimum absolute atomic E-state index is 0.0140. The van der Waals surface area contributed by atoms with Crippen molar-refractivity contribution in [3.8, 4) is 0 Å². The maximum absolute atomic E-state index is 11.7. The molecule has 2 aromatic heterocycles. The number of thiocarbonyl (C=S) groups is 1. The van der Waals surface area contributed by atoms with Gasteiger partial charge in [-0.1, -0.05) is 49.0 Å². The number of pyridine rings is 1. The summed E-state index contributed by atoms with van der Waals surface area (Å²) >= 11 is 5.70. The Labute approximate surface area is 177 Å². The van der Waals surface area contributed by atoms with Crippen LogP contribution in [0.1, 0.15) is 53.5 Å². The van der Waals surface area contributed by atoms with E-state index < -0.39 is 10.0 Å². The van der Waals surface area contributed by atoms with E-state index in [1.54, 1.807) is 19.2 Å². The molecule has 0 aliphatic rings. The van der Waals surface area contributed by atoms with Gasteiger partial charge in [-0.2, -0.15) is 0 Å². The van der Waals surface area contributed by atoms with Gasteiger partial charge in [0, 0.05) is 17.3 Å². The molecule has 0 bridgehead atoms. The van der Waals surface area contributed by atoms with Gasteiger partial charge in [0.2, 0.25) is 10.0 Å². The zero-order valence-corrected chi connectivity index (χ0v) is 18.6. The van der Waals surface area contributed by atoms with E-state index in [0.29, 0.717) is 5.69 Å². The van der Waals surface area contributed by atoms with Crippen molar-refractivity contribution in [1.29, 1.82) is 0 Å². The summed E-state index contributed by atoms with van der Waals surface area (Å²) in [5, 5.41) is 0. The van der Waals surface area contributed by atoms with Crippen LogP contribution in [0.5, 0.6) is 0 Å². The molecule has 0 radical (unpaired) electrons. The van der Waals surface area contributed by atoms with Gasteiger partial charge >= 0.3 is 0 Å².